The fourth-order valence-electron chi connectivity index (χ4n) is 2.09. The van der Waals surface area contributed by atoms with E-state index in [1.807, 2.05) is 0 Å². The molecule has 0 bridgehead atoms. The van der Waals surface area contributed by atoms with Gasteiger partial charge in [0.25, 0.3) is 5.91 Å². The van der Waals surface area contributed by atoms with Crippen LogP contribution in [0.25, 0.3) is 0 Å². The van der Waals surface area contributed by atoms with Crippen LogP contribution in [0.4, 0.5) is 0 Å². The molecule has 7 nitrogen and oxygen atoms in total. The molecule has 2 amide bonds. The number of benzene rings is 2. The SMILES string of the molecule is C[C@H](NC(=O)c1ccc(Cl)cc1)C(=O)NCc1ccc(S(N)(=O)=O)cc1. The van der Waals surface area contributed by atoms with Crippen molar-refractivity contribution in [1.29, 1.82) is 0 Å². The third-order valence-corrected chi connectivity index (χ3v) is 4.75. The first-order valence-corrected chi connectivity index (χ1v) is 9.55. The Balaban J connectivity index is 1.88. The zero-order valence-electron chi connectivity index (χ0n) is 13.9. The second-order valence-electron chi connectivity index (χ2n) is 5.61. The topological polar surface area (TPSA) is 118 Å². The Labute approximate surface area is 156 Å². The Morgan fingerprint density at radius 2 is 1.65 bits per heavy atom. The van der Waals surface area contributed by atoms with Gasteiger partial charge in [-0.2, -0.15) is 0 Å². The van der Waals surface area contributed by atoms with E-state index in [2.05, 4.69) is 10.6 Å². The molecular formula is C17H18ClN3O4S. The first kappa shape index (κ1) is 19.9. The third-order valence-electron chi connectivity index (χ3n) is 3.57. The maximum absolute atomic E-state index is 12.1. The molecule has 26 heavy (non-hydrogen) atoms. The van der Waals surface area contributed by atoms with Crippen LogP contribution in [-0.2, 0) is 21.4 Å². The van der Waals surface area contributed by atoms with Gasteiger partial charge in [0.05, 0.1) is 4.90 Å². The molecule has 0 aliphatic heterocycles. The predicted octanol–water partition coefficient (Wildman–Crippen LogP) is 1.42. The largest absolute Gasteiger partial charge is 0.350 e. The van der Waals surface area contributed by atoms with Gasteiger partial charge >= 0.3 is 0 Å². The van der Waals surface area contributed by atoms with Gasteiger partial charge < -0.3 is 10.6 Å². The molecule has 0 saturated heterocycles. The number of carbonyl (C=O) groups excluding carboxylic acids is 2. The predicted molar refractivity (Wildman–Crippen MR) is 98.0 cm³/mol. The summed E-state index contributed by atoms with van der Waals surface area (Å²) in [6, 6.07) is 11.4. The number of carbonyl (C=O) groups is 2. The Bertz CT molecular complexity index is 897. The second-order valence-corrected chi connectivity index (χ2v) is 7.61. The van der Waals surface area contributed by atoms with Gasteiger partial charge in [-0.05, 0) is 48.9 Å². The highest BCUT2D eigenvalue weighted by Gasteiger charge is 2.16. The van der Waals surface area contributed by atoms with Crippen LogP contribution >= 0.6 is 11.6 Å². The molecule has 2 rings (SSSR count). The lowest BCUT2D eigenvalue weighted by atomic mass is 10.2. The van der Waals surface area contributed by atoms with Gasteiger partial charge in [0.2, 0.25) is 15.9 Å². The Morgan fingerprint density at radius 1 is 1.08 bits per heavy atom. The average Bonchev–Trinajstić information content (AvgIpc) is 2.59. The van der Waals surface area contributed by atoms with Crippen molar-refractivity contribution in [2.75, 3.05) is 0 Å². The number of primary sulfonamides is 1. The number of sulfonamides is 1. The number of nitrogens with one attached hydrogen (secondary N) is 2. The standard InChI is InChI=1S/C17H18ClN3O4S/c1-11(21-17(23)13-4-6-14(18)7-5-13)16(22)20-10-12-2-8-15(9-3-12)26(19,24)25/h2-9,11H,10H2,1H3,(H,20,22)(H,21,23)(H2,19,24,25)/t11-/m0/s1. The molecule has 138 valence electrons. The van der Waals surface area contributed by atoms with E-state index in [0.29, 0.717) is 16.1 Å². The first-order valence-electron chi connectivity index (χ1n) is 7.62. The second kappa shape index (κ2) is 8.31. The molecule has 0 aromatic heterocycles. The zero-order chi connectivity index (χ0) is 19.3. The van der Waals surface area contributed by atoms with E-state index in [1.54, 1.807) is 43.3 Å². The Hall–Kier alpha value is -2.42. The van der Waals surface area contributed by atoms with E-state index in [9.17, 15) is 18.0 Å². The number of nitrogens with two attached hydrogens (primary N) is 1. The van der Waals surface area contributed by atoms with Crippen LogP contribution in [0.5, 0.6) is 0 Å². The third kappa shape index (κ3) is 5.55. The minimum atomic E-state index is -3.75. The monoisotopic (exact) mass is 395 g/mol. The summed E-state index contributed by atoms with van der Waals surface area (Å²) in [6.45, 7) is 1.75. The smallest absolute Gasteiger partial charge is 0.251 e. The summed E-state index contributed by atoms with van der Waals surface area (Å²) in [7, 11) is -3.75. The van der Waals surface area contributed by atoms with E-state index in [0.717, 1.165) is 0 Å². The van der Waals surface area contributed by atoms with Gasteiger partial charge in [0, 0.05) is 17.1 Å². The normalized spacial score (nSPS) is 12.3. The molecule has 0 radical (unpaired) electrons. The van der Waals surface area contributed by atoms with Crippen LogP contribution in [0.2, 0.25) is 5.02 Å². The molecule has 0 unspecified atom stereocenters. The minimum Gasteiger partial charge on any atom is -0.350 e. The van der Waals surface area contributed by atoms with Crippen LogP contribution in [0.1, 0.15) is 22.8 Å². The molecule has 0 saturated carbocycles. The van der Waals surface area contributed by atoms with E-state index in [4.69, 9.17) is 16.7 Å². The maximum Gasteiger partial charge on any atom is 0.251 e. The van der Waals surface area contributed by atoms with Crippen molar-refractivity contribution < 1.29 is 18.0 Å². The highest BCUT2D eigenvalue weighted by Crippen LogP contribution is 2.10. The number of rotatable bonds is 6. The van der Waals surface area contributed by atoms with Crippen molar-refractivity contribution in [3.63, 3.8) is 0 Å². The van der Waals surface area contributed by atoms with Gasteiger partial charge in [-0.25, -0.2) is 13.6 Å². The van der Waals surface area contributed by atoms with Crippen LogP contribution in [-0.4, -0.2) is 26.3 Å². The van der Waals surface area contributed by atoms with Gasteiger partial charge in [-0.15, -0.1) is 0 Å². The quantitative estimate of drug-likeness (QED) is 0.685. The fourth-order valence-corrected chi connectivity index (χ4v) is 2.73. The molecule has 0 fully saturated rings. The Morgan fingerprint density at radius 3 is 2.19 bits per heavy atom. The molecule has 0 aliphatic rings. The van der Waals surface area contributed by atoms with Crippen LogP contribution in [0, 0.1) is 0 Å². The van der Waals surface area contributed by atoms with Gasteiger partial charge in [-0.3, -0.25) is 9.59 Å². The van der Waals surface area contributed by atoms with Gasteiger partial charge in [-0.1, -0.05) is 23.7 Å². The highest BCUT2D eigenvalue weighted by atomic mass is 35.5. The van der Waals surface area contributed by atoms with Crippen molar-refractivity contribution in [3.8, 4) is 0 Å². The van der Waals surface area contributed by atoms with E-state index in [-0.39, 0.29) is 23.3 Å². The summed E-state index contributed by atoms with van der Waals surface area (Å²) in [4.78, 5) is 24.2. The van der Waals surface area contributed by atoms with E-state index < -0.39 is 16.1 Å². The summed E-state index contributed by atoms with van der Waals surface area (Å²) >= 11 is 5.77. The van der Waals surface area contributed by atoms with Crippen molar-refractivity contribution in [2.24, 2.45) is 5.14 Å². The lowest BCUT2D eigenvalue weighted by Gasteiger charge is -2.14. The molecule has 0 heterocycles. The van der Waals surface area contributed by atoms with Gasteiger partial charge in [0.1, 0.15) is 6.04 Å². The van der Waals surface area contributed by atoms with Crippen molar-refractivity contribution in [2.45, 2.75) is 24.4 Å². The van der Waals surface area contributed by atoms with Gasteiger partial charge in [0.15, 0.2) is 0 Å². The number of hydrogen-bond acceptors (Lipinski definition) is 4. The lowest BCUT2D eigenvalue weighted by molar-refractivity contribution is -0.122. The molecule has 0 spiro atoms. The maximum atomic E-state index is 12.1. The molecule has 1 atom stereocenters. The van der Waals surface area contributed by atoms with Crippen molar-refractivity contribution in [1.82, 2.24) is 10.6 Å². The van der Waals surface area contributed by atoms with E-state index in [1.165, 1.54) is 12.1 Å². The average molecular weight is 396 g/mol. The highest BCUT2D eigenvalue weighted by molar-refractivity contribution is 7.89. The first-order chi connectivity index (χ1) is 12.2. The molecular weight excluding hydrogens is 378 g/mol. The molecule has 9 heteroatoms. The summed E-state index contributed by atoms with van der Waals surface area (Å²) < 4.78 is 22.4. The van der Waals surface area contributed by atoms with E-state index >= 15 is 0 Å². The zero-order valence-corrected chi connectivity index (χ0v) is 15.5. The summed E-state index contributed by atoms with van der Waals surface area (Å²) in [5, 5.41) is 10.8. The van der Waals surface area contributed by atoms with Crippen molar-refractivity contribution >= 4 is 33.4 Å². The summed E-state index contributed by atoms with van der Waals surface area (Å²) in [5.41, 5.74) is 1.09. The van der Waals surface area contributed by atoms with Crippen LogP contribution in [0.15, 0.2) is 53.4 Å². The molecule has 2 aromatic rings. The fraction of sp³-hybridized carbons (Fsp3) is 0.176. The lowest BCUT2D eigenvalue weighted by Crippen LogP contribution is -2.44. The summed E-state index contributed by atoms with van der Waals surface area (Å²) in [5.74, 6) is -0.760. The number of hydrogen-bond donors (Lipinski definition) is 3. The Kier molecular flexibility index (Phi) is 6.36. The minimum absolute atomic E-state index is 0.00354. The molecule has 0 aliphatic carbocycles. The number of amides is 2. The molecule has 2 aromatic carbocycles. The molecule has 4 N–H and O–H groups in total. The van der Waals surface area contributed by atoms with Crippen molar-refractivity contribution in [3.05, 3.63) is 64.7 Å². The van der Waals surface area contributed by atoms with Crippen LogP contribution in [0.3, 0.4) is 0 Å². The van der Waals surface area contributed by atoms with Crippen LogP contribution < -0.4 is 15.8 Å². The summed E-state index contributed by atoms with van der Waals surface area (Å²) in [6.07, 6.45) is 0. The number of halogens is 1.